The third-order valence-corrected chi connectivity index (χ3v) is 4.65. The largest absolute Gasteiger partial charge is 0.374 e. The van der Waals surface area contributed by atoms with Crippen molar-refractivity contribution in [2.24, 2.45) is 0 Å². The Hall–Kier alpha value is -2.81. The van der Waals surface area contributed by atoms with Gasteiger partial charge in [0.2, 0.25) is 0 Å². The molecule has 3 rings (SSSR count). The van der Waals surface area contributed by atoms with E-state index < -0.39 is 5.91 Å². The predicted octanol–water partition coefficient (Wildman–Crippen LogP) is 3.50. The molecule has 2 aromatic carbocycles. The number of carbonyl (C=O) groups excluding carboxylic acids is 1. The minimum atomic E-state index is -0.425. The van der Waals surface area contributed by atoms with Crippen molar-refractivity contribution in [1.29, 1.82) is 5.26 Å². The zero-order chi connectivity index (χ0) is 19.1. The molecule has 0 radical (unpaired) electrons. The number of nitrogens with one attached hydrogen (secondary N) is 1. The Morgan fingerprint density at radius 3 is 2.52 bits per heavy atom. The molecule has 2 aromatic rings. The van der Waals surface area contributed by atoms with Gasteiger partial charge in [-0.3, -0.25) is 9.69 Å². The summed E-state index contributed by atoms with van der Waals surface area (Å²) in [6.07, 6.45) is 1.65. The fourth-order valence-electron chi connectivity index (χ4n) is 2.98. The van der Waals surface area contributed by atoms with Crippen LogP contribution in [0.4, 0.5) is 5.69 Å². The molecular formula is C21H21ClN4O. The number of piperazine rings is 1. The first-order valence-electron chi connectivity index (χ1n) is 8.83. The number of nitriles is 1. The molecule has 6 heteroatoms. The highest BCUT2D eigenvalue weighted by molar-refractivity contribution is 6.31. The highest BCUT2D eigenvalue weighted by Gasteiger charge is 2.17. The van der Waals surface area contributed by atoms with Crippen molar-refractivity contribution in [2.75, 3.05) is 31.5 Å². The number of rotatable bonds is 5. The lowest BCUT2D eigenvalue weighted by Gasteiger charge is -2.34. The van der Waals surface area contributed by atoms with Crippen LogP contribution in [0.1, 0.15) is 5.56 Å². The van der Waals surface area contributed by atoms with Crippen LogP contribution in [-0.2, 0) is 11.3 Å². The molecule has 0 spiro atoms. The number of hydrogen-bond acceptors (Lipinski definition) is 4. The second kappa shape index (κ2) is 9.22. The van der Waals surface area contributed by atoms with Crippen molar-refractivity contribution >= 4 is 23.2 Å². The van der Waals surface area contributed by atoms with E-state index in [4.69, 9.17) is 11.6 Å². The molecule has 0 unspecified atom stereocenters. The molecule has 1 aliphatic heterocycles. The van der Waals surface area contributed by atoms with Crippen LogP contribution in [0.2, 0.25) is 5.02 Å². The van der Waals surface area contributed by atoms with E-state index in [1.54, 1.807) is 30.5 Å². The summed E-state index contributed by atoms with van der Waals surface area (Å²) in [6, 6.07) is 19.2. The van der Waals surface area contributed by atoms with Gasteiger partial charge in [-0.2, -0.15) is 5.26 Å². The van der Waals surface area contributed by atoms with Crippen LogP contribution in [0.25, 0.3) is 0 Å². The molecule has 0 saturated carbocycles. The average molecular weight is 381 g/mol. The van der Waals surface area contributed by atoms with E-state index in [2.05, 4.69) is 22.3 Å². The van der Waals surface area contributed by atoms with Gasteiger partial charge in [-0.05, 0) is 23.8 Å². The van der Waals surface area contributed by atoms with E-state index in [9.17, 15) is 10.1 Å². The second-order valence-electron chi connectivity index (χ2n) is 6.42. The third-order valence-electron chi connectivity index (χ3n) is 4.42. The van der Waals surface area contributed by atoms with Crippen molar-refractivity contribution < 1.29 is 4.79 Å². The Morgan fingerprint density at radius 1 is 1.11 bits per heavy atom. The van der Waals surface area contributed by atoms with Crippen LogP contribution in [-0.4, -0.2) is 41.9 Å². The quantitative estimate of drug-likeness (QED) is 0.637. The molecule has 1 amide bonds. The molecular weight excluding hydrogens is 360 g/mol. The Morgan fingerprint density at radius 2 is 1.85 bits per heavy atom. The summed E-state index contributed by atoms with van der Waals surface area (Å²) in [6.45, 7) is 4.25. The van der Waals surface area contributed by atoms with Gasteiger partial charge in [-0.15, -0.1) is 0 Å². The van der Waals surface area contributed by atoms with Gasteiger partial charge >= 0.3 is 0 Å². The fourth-order valence-corrected chi connectivity index (χ4v) is 3.17. The van der Waals surface area contributed by atoms with E-state index >= 15 is 0 Å². The third kappa shape index (κ3) is 5.58. The van der Waals surface area contributed by atoms with Gasteiger partial charge in [0.15, 0.2) is 0 Å². The summed E-state index contributed by atoms with van der Waals surface area (Å²) in [7, 11) is 0. The molecule has 1 saturated heterocycles. The van der Waals surface area contributed by atoms with Crippen molar-refractivity contribution in [1.82, 2.24) is 9.80 Å². The van der Waals surface area contributed by atoms with Crippen LogP contribution in [0.5, 0.6) is 0 Å². The molecule has 0 bridgehead atoms. The molecule has 0 atom stereocenters. The Balaban J connectivity index is 1.55. The van der Waals surface area contributed by atoms with Crippen LogP contribution < -0.4 is 5.32 Å². The van der Waals surface area contributed by atoms with Crippen LogP contribution in [0, 0.1) is 11.3 Å². The molecule has 138 valence electrons. The summed E-state index contributed by atoms with van der Waals surface area (Å²) in [5.74, 6) is -0.425. The molecule has 5 nitrogen and oxygen atoms in total. The summed E-state index contributed by atoms with van der Waals surface area (Å²) in [4.78, 5) is 16.8. The lowest BCUT2D eigenvalue weighted by atomic mass is 10.2. The number of anilines is 1. The van der Waals surface area contributed by atoms with Gasteiger partial charge in [-0.25, -0.2) is 0 Å². The van der Waals surface area contributed by atoms with Crippen LogP contribution >= 0.6 is 11.6 Å². The lowest BCUT2D eigenvalue weighted by molar-refractivity contribution is -0.112. The predicted molar refractivity (Wildman–Crippen MR) is 107 cm³/mol. The zero-order valence-corrected chi connectivity index (χ0v) is 15.7. The number of amides is 1. The van der Waals surface area contributed by atoms with Gasteiger partial charge in [0, 0.05) is 49.6 Å². The molecule has 1 heterocycles. The summed E-state index contributed by atoms with van der Waals surface area (Å²) in [5, 5.41) is 12.6. The zero-order valence-electron chi connectivity index (χ0n) is 14.9. The van der Waals surface area contributed by atoms with Gasteiger partial charge in [0.05, 0.1) is 0 Å². The molecule has 1 fully saturated rings. The van der Waals surface area contributed by atoms with Crippen molar-refractivity contribution in [3.8, 4) is 6.07 Å². The maximum atomic E-state index is 12.4. The lowest BCUT2D eigenvalue weighted by Crippen LogP contribution is -2.43. The van der Waals surface area contributed by atoms with Crippen LogP contribution in [0.15, 0.2) is 66.4 Å². The summed E-state index contributed by atoms with van der Waals surface area (Å²) in [5.41, 5.74) is 1.95. The van der Waals surface area contributed by atoms with Crippen molar-refractivity contribution in [2.45, 2.75) is 6.54 Å². The molecule has 27 heavy (non-hydrogen) atoms. The standard InChI is InChI=1S/C21H21ClN4O/c22-19-7-4-8-20(13-19)24-21(27)18(14-23)16-26-11-9-25(10-12-26)15-17-5-2-1-3-6-17/h1-8,13,16H,9-12,15H2,(H,24,27). The summed E-state index contributed by atoms with van der Waals surface area (Å²) >= 11 is 5.93. The molecule has 0 aromatic heterocycles. The van der Waals surface area contributed by atoms with Crippen molar-refractivity contribution in [3.05, 3.63) is 77.0 Å². The van der Waals surface area contributed by atoms with E-state index in [1.807, 2.05) is 29.2 Å². The maximum Gasteiger partial charge on any atom is 0.267 e. The first-order chi connectivity index (χ1) is 13.1. The van der Waals surface area contributed by atoms with Gasteiger partial charge in [0.25, 0.3) is 5.91 Å². The Kier molecular flexibility index (Phi) is 6.48. The SMILES string of the molecule is N#CC(=CN1CCN(Cc2ccccc2)CC1)C(=O)Nc1cccc(Cl)c1. The summed E-state index contributed by atoms with van der Waals surface area (Å²) < 4.78 is 0. The van der Waals surface area contributed by atoms with E-state index in [0.29, 0.717) is 10.7 Å². The number of carbonyl (C=O) groups is 1. The molecule has 1 aliphatic rings. The monoisotopic (exact) mass is 380 g/mol. The first kappa shape index (κ1) is 19.0. The van der Waals surface area contributed by atoms with Crippen molar-refractivity contribution in [3.63, 3.8) is 0 Å². The Bertz CT molecular complexity index is 852. The van der Waals surface area contributed by atoms with E-state index in [1.165, 1.54) is 5.56 Å². The van der Waals surface area contributed by atoms with Gasteiger partial charge in [-0.1, -0.05) is 48.0 Å². The highest BCUT2D eigenvalue weighted by Crippen LogP contribution is 2.16. The van der Waals surface area contributed by atoms with Crippen LogP contribution in [0.3, 0.4) is 0 Å². The highest BCUT2D eigenvalue weighted by atomic mass is 35.5. The average Bonchev–Trinajstić information content (AvgIpc) is 2.68. The second-order valence-corrected chi connectivity index (χ2v) is 6.85. The van der Waals surface area contributed by atoms with Gasteiger partial charge < -0.3 is 10.2 Å². The molecule has 0 aliphatic carbocycles. The maximum absolute atomic E-state index is 12.4. The van der Waals surface area contributed by atoms with E-state index in [0.717, 1.165) is 32.7 Å². The number of benzene rings is 2. The van der Waals surface area contributed by atoms with Gasteiger partial charge in [0.1, 0.15) is 11.6 Å². The minimum absolute atomic E-state index is 0.0893. The van der Waals surface area contributed by atoms with E-state index in [-0.39, 0.29) is 5.57 Å². The smallest absolute Gasteiger partial charge is 0.267 e. The number of nitrogens with zero attached hydrogens (tertiary/aromatic N) is 3. The number of halogens is 1. The number of hydrogen-bond donors (Lipinski definition) is 1. The fraction of sp³-hybridized carbons (Fsp3) is 0.238. The first-order valence-corrected chi connectivity index (χ1v) is 9.21. The Labute approximate surface area is 164 Å². The normalized spacial score (nSPS) is 15.3. The molecule has 1 N–H and O–H groups in total. The topological polar surface area (TPSA) is 59.4 Å². The minimum Gasteiger partial charge on any atom is -0.374 e.